The molecule has 0 saturated carbocycles. The lowest BCUT2D eigenvalue weighted by molar-refractivity contribution is -0.118. The molecule has 1 aromatic heterocycles. The number of hydrogen-bond donors (Lipinski definition) is 2. The van der Waals surface area contributed by atoms with Gasteiger partial charge in [0.1, 0.15) is 16.5 Å². The van der Waals surface area contributed by atoms with Gasteiger partial charge in [-0.25, -0.2) is 4.79 Å². The van der Waals surface area contributed by atoms with Crippen molar-refractivity contribution in [2.75, 3.05) is 18.5 Å². The van der Waals surface area contributed by atoms with Crippen LogP contribution in [0.3, 0.4) is 0 Å². The predicted octanol–water partition coefficient (Wildman–Crippen LogP) is 3.35. The fourth-order valence-corrected chi connectivity index (χ4v) is 4.13. The molecule has 0 bridgehead atoms. The van der Waals surface area contributed by atoms with Gasteiger partial charge in [0, 0.05) is 4.88 Å². The molecule has 0 unspecified atom stereocenters. The van der Waals surface area contributed by atoms with E-state index in [1.165, 1.54) is 11.3 Å². The van der Waals surface area contributed by atoms with Gasteiger partial charge in [0.25, 0.3) is 5.91 Å². The van der Waals surface area contributed by atoms with Gasteiger partial charge in [-0.2, -0.15) is 0 Å². The van der Waals surface area contributed by atoms with Crippen molar-refractivity contribution in [1.29, 1.82) is 0 Å². The zero-order valence-electron chi connectivity index (χ0n) is 13.8. The number of carboxylic acid groups (broad SMARTS) is 1. The average molecular weight is 361 g/mol. The Hall–Kier alpha value is -2.54. The van der Waals surface area contributed by atoms with Gasteiger partial charge in [-0.3, -0.25) is 4.79 Å². The number of amides is 1. The molecule has 7 heteroatoms. The van der Waals surface area contributed by atoms with Crippen molar-refractivity contribution in [2.24, 2.45) is 0 Å². The van der Waals surface area contributed by atoms with Crippen molar-refractivity contribution in [3.05, 3.63) is 40.3 Å². The van der Waals surface area contributed by atoms with Crippen LogP contribution in [0.15, 0.2) is 24.3 Å². The van der Waals surface area contributed by atoms with Crippen molar-refractivity contribution < 1.29 is 24.2 Å². The number of hydrogen-bond acceptors (Lipinski definition) is 5. The predicted molar refractivity (Wildman–Crippen MR) is 95.0 cm³/mol. The Bertz CT molecular complexity index is 782. The molecule has 2 aromatic rings. The van der Waals surface area contributed by atoms with Crippen LogP contribution in [0.25, 0.3) is 0 Å². The van der Waals surface area contributed by atoms with Gasteiger partial charge in [-0.1, -0.05) is 0 Å². The summed E-state index contributed by atoms with van der Waals surface area (Å²) in [6.07, 6.45) is 2.60. The van der Waals surface area contributed by atoms with E-state index in [0.717, 1.165) is 35.5 Å². The summed E-state index contributed by atoms with van der Waals surface area (Å²) in [5, 5.41) is 12.5. The van der Waals surface area contributed by atoms with Crippen LogP contribution in [-0.4, -0.2) is 30.2 Å². The molecule has 25 heavy (non-hydrogen) atoms. The Morgan fingerprint density at radius 1 is 1.16 bits per heavy atom. The van der Waals surface area contributed by atoms with E-state index in [1.807, 2.05) is 6.92 Å². The zero-order valence-corrected chi connectivity index (χ0v) is 14.6. The fourth-order valence-electron chi connectivity index (χ4n) is 2.83. The van der Waals surface area contributed by atoms with Crippen LogP contribution in [0, 0.1) is 0 Å². The van der Waals surface area contributed by atoms with Gasteiger partial charge < -0.3 is 19.9 Å². The van der Waals surface area contributed by atoms with Gasteiger partial charge in [0.15, 0.2) is 6.61 Å². The first kappa shape index (κ1) is 17.3. The number of rotatable bonds is 7. The zero-order chi connectivity index (χ0) is 17.8. The minimum absolute atomic E-state index is 0.185. The molecule has 0 fully saturated rings. The molecule has 0 aliphatic heterocycles. The average Bonchev–Trinajstić information content (AvgIpc) is 3.14. The summed E-state index contributed by atoms with van der Waals surface area (Å²) in [5.41, 5.74) is 1.09. The summed E-state index contributed by atoms with van der Waals surface area (Å²) in [5.74, 6) is -0.0947. The lowest BCUT2D eigenvalue weighted by atomic mass is 10.1. The number of anilines is 1. The lowest BCUT2D eigenvalue weighted by Gasteiger charge is -2.08. The van der Waals surface area contributed by atoms with Crippen LogP contribution in [0.5, 0.6) is 11.5 Å². The van der Waals surface area contributed by atoms with Crippen LogP contribution in [0.2, 0.25) is 0 Å². The highest BCUT2D eigenvalue weighted by Gasteiger charge is 2.27. The standard InChI is InChI=1S/C18H19NO5S/c1-2-23-11-6-8-12(9-7-11)24-10-15(20)19-17-16(18(21)22)13-4-3-5-14(13)25-17/h6-9H,2-5,10H2,1H3,(H,19,20)(H,21,22). The van der Waals surface area contributed by atoms with Gasteiger partial charge in [0.2, 0.25) is 0 Å². The number of thiophene rings is 1. The second-order valence-corrected chi connectivity index (χ2v) is 6.71. The van der Waals surface area contributed by atoms with Gasteiger partial charge in [-0.05, 0) is 56.0 Å². The molecule has 0 saturated heterocycles. The molecule has 1 aliphatic carbocycles. The number of fused-ring (bicyclic) bond motifs is 1. The monoisotopic (exact) mass is 361 g/mol. The fraction of sp³-hybridized carbons (Fsp3) is 0.333. The summed E-state index contributed by atoms with van der Waals surface area (Å²) in [4.78, 5) is 24.7. The van der Waals surface area contributed by atoms with Crippen molar-refractivity contribution in [3.8, 4) is 11.5 Å². The van der Waals surface area contributed by atoms with Crippen molar-refractivity contribution in [2.45, 2.75) is 26.2 Å². The third kappa shape index (κ3) is 3.93. The van der Waals surface area contributed by atoms with Crippen molar-refractivity contribution in [3.63, 3.8) is 0 Å². The molecule has 1 amide bonds. The minimum Gasteiger partial charge on any atom is -0.494 e. The molecular formula is C18H19NO5S. The quantitative estimate of drug-likeness (QED) is 0.790. The highest BCUT2D eigenvalue weighted by Crippen LogP contribution is 2.39. The summed E-state index contributed by atoms with van der Waals surface area (Å²) >= 11 is 1.35. The largest absolute Gasteiger partial charge is 0.494 e. The number of aromatic carboxylic acids is 1. The van der Waals surface area contributed by atoms with Gasteiger partial charge in [0.05, 0.1) is 12.2 Å². The first-order valence-electron chi connectivity index (χ1n) is 8.11. The van der Waals surface area contributed by atoms with E-state index < -0.39 is 5.97 Å². The highest BCUT2D eigenvalue weighted by molar-refractivity contribution is 7.17. The number of ether oxygens (including phenoxy) is 2. The van der Waals surface area contributed by atoms with Crippen molar-refractivity contribution in [1.82, 2.24) is 0 Å². The maximum atomic E-state index is 12.1. The number of carboxylic acids is 1. The molecule has 0 spiro atoms. The van der Waals surface area contributed by atoms with Crippen LogP contribution in [0.4, 0.5) is 5.00 Å². The topological polar surface area (TPSA) is 84.9 Å². The maximum absolute atomic E-state index is 12.1. The Labute approximate surface area is 149 Å². The van der Waals surface area contributed by atoms with E-state index in [9.17, 15) is 14.7 Å². The molecule has 1 aliphatic rings. The molecule has 3 rings (SSSR count). The van der Waals surface area contributed by atoms with E-state index >= 15 is 0 Å². The second-order valence-electron chi connectivity index (χ2n) is 5.61. The normalized spacial score (nSPS) is 12.5. The third-order valence-corrected chi connectivity index (χ3v) is 5.10. The third-order valence-electron chi connectivity index (χ3n) is 3.89. The Morgan fingerprint density at radius 2 is 1.84 bits per heavy atom. The van der Waals surface area contributed by atoms with E-state index in [1.54, 1.807) is 24.3 Å². The number of benzene rings is 1. The summed E-state index contributed by atoms with van der Waals surface area (Å²) in [7, 11) is 0. The van der Waals surface area contributed by atoms with Gasteiger partial charge in [-0.15, -0.1) is 11.3 Å². The molecule has 132 valence electrons. The number of aryl methyl sites for hydroxylation is 1. The van der Waals surface area contributed by atoms with Crippen LogP contribution in [0.1, 0.15) is 34.1 Å². The van der Waals surface area contributed by atoms with Crippen molar-refractivity contribution >= 4 is 28.2 Å². The summed E-state index contributed by atoms with van der Waals surface area (Å²) in [6, 6.07) is 6.98. The Balaban J connectivity index is 1.60. The minimum atomic E-state index is -0.998. The van der Waals surface area contributed by atoms with Crippen LogP contribution >= 0.6 is 11.3 Å². The Morgan fingerprint density at radius 3 is 2.48 bits per heavy atom. The van der Waals surface area contributed by atoms with E-state index in [0.29, 0.717) is 17.4 Å². The van der Waals surface area contributed by atoms with E-state index in [-0.39, 0.29) is 18.1 Å². The molecule has 0 atom stereocenters. The molecule has 1 heterocycles. The van der Waals surface area contributed by atoms with Crippen LogP contribution < -0.4 is 14.8 Å². The number of carbonyl (C=O) groups is 2. The molecule has 1 aromatic carbocycles. The van der Waals surface area contributed by atoms with Crippen LogP contribution in [-0.2, 0) is 17.6 Å². The number of carbonyl (C=O) groups excluding carboxylic acids is 1. The molecule has 2 N–H and O–H groups in total. The smallest absolute Gasteiger partial charge is 0.339 e. The lowest BCUT2D eigenvalue weighted by Crippen LogP contribution is -2.21. The molecular weight excluding hydrogens is 342 g/mol. The first-order valence-corrected chi connectivity index (χ1v) is 8.93. The summed E-state index contributed by atoms with van der Waals surface area (Å²) < 4.78 is 10.8. The second kappa shape index (κ2) is 7.57. The van der Waals surface area contributed by atoms with E-state index in [4.69, 9.17) is 9.47 Å². The van der Waals surface area contributed by atoms with E-state index in [2.05, 4.69) is 5.32 Å². The Kier molecular flexibility index (Phi) is 5.23. The number of nitrogens with one attached hydrogen (secondary N) is 1. The maximum Gasteiger partial charge on any atom is 0.339 e. The highest BCUT2D eigenvalue weighted by atomic mass is 32.1. The van der Waals surface area contributed by atoms with Gasteiger partial charge >= 0.3 is 5.97 Å². The molecule has 0 radical (unpaired) electrons. The summed E-state index contributed by atoms with van der Waals surface area (Å²) in [6.45, 7) is 2.30. The SMILES string of the molecule is CCOc1ccc(OCC(=O)Nc2sc3c(c2C(=O)O)CCC3)cc1. The molecule has 6 nitrogen and oxygen atoms in total. The first-order chi connectivity index (χ1) is 12.1.